The lowest BCUT2D eigenvalue weighted by Crippen LogP contribution is -2.35. The molecule has 2 N–H and O–H groups in total. The maximum Gasteiger partial charge on any atom is 0.323 e. The molecule has 0 bridgehead atoms. The number of urea groups is 1. The van der Waals surface area contributed by atoms with Crippen LogP contribution in [0.4, 0.5) is 10.5 Å². The van der Waals surface area contributed by atoms with Gasteiger partial charge in [0, 0.05) is 18.8 Å². The fraction of sp³-hybridized carbons (Fsp3) is 0.333. The Morgan fingerprint density at radius 2 is 2.00 bits per heavy atom. The number of aliphatic carboxylic acids is 1. The number of nitrogens with zero attached hydrogens (tertiary/aromatic N) is 1. The van der Waals surface area contributed by atoms with Crippen molar-refractivity contribution >= 4 is 17.7 Å². The monoisotopic (exact) mass is 266 g/mol. The van der Waals surface area contributed by atoms with Crippen LogP contribution in [0.5, 0.6) is 11.5 Å². The van der Waals surface area contributed by atoms with Crippen LogP contribution in [0, 0.1) is 0 Å². The number of hydrogen-bond acceptors (Lipinski definition) is 4. The number of amides is 2. The molecule has 2 amide bonds. The smallest absolute Gasteiger partial charge is 0.323 e. The minimum atomic E-state index is -1.07. The average Bonchev–Trinajstić information content (AvgIpc) is 2.37. The van der Waals surface area contributed by atoms with E-state index in [9.17, 15) is 9.59 Å². The van der Waals surface area contributed by atoms with E-state index < -0.39 is 12.0 Å². The van der Waals surface area contributed by atoms with Crippen LogP contribution in [0.25, 0.3) is 0 Å². The van der Waals surface area contributed by atoms with Crippen LogP contribution in [0.3, 0.4) is 0 Å². The van der Waals surface area contributed by atoms with E-state index in [2.05, 4.69) is 5.32 Å². The minimum absolute atomic E-state index is 0.365. The SMILES string of the molecule is CN(CC(=O)O)C(=O)Nc1ccc2c(c1)OCCO2. The molecule has 0 fully saturated rings. The summed E-state index contributed by atoms with van der Waals surface area (Å²) in [6, 6.07) is 4.50. The number of carboxylic acids is 1. The zero-order valence-electron chi connectivity index (χ0n) is 10.4. The second kappa shape index (κ2) is 5.47. The topological polar surface area (TPSA) is 88.1 Å². The van der Waals surface area contributed by atoms with Gasteiger partial charge in [0.1, 0.15) is 19.8 Å². The van der Waals surface area contributed by atoms with Gasteiger partial charge in [0.2, 0.25) is 0 Å². The molecule has 0 aromatic heterocycles. The van der Waals surface area contributed by atoms with E-state index in [1.54, 1.807) is 18.2 Å². The van der Waals surface area contributed by atoms with E-state index in [1.807, 2.05) is 0 Å². The Hall–Kier alpha value is -2.44. The molecule has 0 saturated heterocycles. The number of ether oxygens (including phenoxy) is 2. The molecule has 0 aliphatic carbocycles. The van der Waals surface area contributed by atoms with Crippen molar-refractivity contribution in [1.29, 1.82) is 0 Å². The van der Waals surface area contributed by atoms with Gasteiger partial charge in [-0.25, -0.2) is 4.79 Å². The Bertz CT molecular complexity index is 503. The summed E-state index contributed by atoms with van der Waals surface area (Å²) < 4.78 is 10.7. The summed E-state index contributed by atoms with van der Waals surface area (Å²) in [4.78, 5) is 23.3. The quantitative estimate of drug-likeness (QED) is 0.852. The summed E-state index contributed by atoms with van der Waals surface area (Å²) in [5.41, 5.74) is 0.520. The molecular weight excluding hydrogens is 252 g/mol. The van der Waals surface area contributed by atoms with Gasteiger partial charge in [-0.1, -0.05) is 0 Å². The molecule has 0 atom stereocenters. The Morgan fingerprint density at radius 1 is 1.32 bits per heavy atom. The van der Waals surface area contributed by atoms with Gasteiger partial charge in [-0.2, -0.15) is 0 Å². The second-order valence-corrected chi connectivity index (χ2v) is 4.04. The molecule has 7 heteroatoms. The molecule has 19 heavy (non-hydrogen) atoms. The van der Waals surface area contributed by atoms with Crippen LogP contribution in [0.2, 0.25) is 0 Å². The lowest BCUT2D eigenvalue weighted by atomic mass is 10.2. The van der Waals surface area contributed by atoms with Crippen molar-refractivity contribution in [3.8, 4) is 11.5 Å². The van der Waals surface area contributed by atoms with Crippen molar-refractivity contribution in [3.05, 3.63) is 18.2 Å². The van der Waals surface area contributed by atoms with E-state index in [0.29, 0.717) is 30.4 Å². The molecule has 102 valence electrons. The largest absolute Gasteiger partial charge is 0.486 e. The fourth-order valence-electron chi connectivity index (χ4n) is 1.61. The number of likely N-dealkylation sites (N-methyl/N-ethyl adjacent to an activating group) is 1. The molecular formula is C12H14N2O5. The Balaban J connectivity index is 2.03. The van der Waals surface area contributed by atoms with Crippen molar-refractivity contribution in [2.45, 2.75) is 0 Å². The van der Waals surface area contributed by atoms with Gasteiger partial charge >= 0.3 is 12.0 Å². The highest BCUT2D eigenvalue weighted by Gasteiger charge is 2.15. The van der Waals surface area contributed by atoms with Crippen LogP contribution in [-0.4, -0.2) is 48.8 Å². The second-order valence-electron chi connectivity index (χ2n) is 4.04. The van der Waals surface area contributed by atoms with Gasteiger partial charge < -0.3 is 24.8 Å². The van der Waals surface area contributed by atoms with E-state index in [0.717, 1.165) is 4.90 Å². The van der Waals surface area contributed by atoms with Crippen LogP contribution in [-0.2, 0) is 4.79 Å². The molecule has 0 saturated carbocycles. The predicted molar refractivity (Wildman–Crippen MR) is 66.7 cm³/mol. The minimum Gasteiger partial charge on any atom is -0.486 e. The van der Waals surface area contributed by atoms with Crippen LogP contribution < -0.4 is 14.8 Å². The number of anilines is 1. The van der Waals surface area contributed by atoms with Crippen LogP contribution in [0.1, 0.15) is 0 Å². The molecule has 0 spiro atoms. The predicted octanol–water partition coefficient (Wildman–Crippen LogP) is 1.01. The van der Waals surface area contributed by atoms with Gasteiger partial charge in [-0.15, -0.1) is 0 Å². The highest BCUT2D eigenvalue weighted by atomic mass is 16.6. The Kier molecular flexibility index (Phi) is 3.74. The van der Waals surface area contributed by atoms with Gasteiger partial charge in [0.05, 0.1) is 0 Å². The third-order valence-electron chi connectivity index (χ3n) is 2.51. The third kappa shape index (κ3) is 3.27. The standard InChI is InChI=1S/C12H14N2O5/c1-14(7-11(15)16)12(17)13-8-2-3-9-10(6-8)19-5-4-18-9/h2-3,6H,4-5,7H2,1H3,(H,13,17)(H,15,16). The molecule has 1 aliphatic heterocycles. The van der Waals surface area contributed by atoms with Crippen LogP contribution >= 0.6 is 0 Å². The summed E-state index contributed by atoms with van der Waals surface area (Å²) in [5, 5.41) is 11.2. The van der Waals surface area contributed by atoms with Crippen molar-refractivity contribution in [2.24, 2.45) is 0 Å². The first-order valence-corrected chi connectivity index (χ1v) is 5.70. The van der Waals surface area contributed by atoms with Gasteiger partial charge in [-0.05, 0) is 12.1 Å². The van der Waals surface area contributed by atoms with Gasteiger partial charge in [-0.3, -0.25) is 4.79 Å². The van der Waals surface area contributed by atoms with E-state index >= 15 is 0 Å². The molecule has 1 heterocycles. The zero-order valence-corrected chi connectivity index (χ0v) is 10.4. The van der Waals surface area contributed by atoms with Gasteiger partial charge in [0.25, 0.3) is 0 Å². The fourth-order valence-corrected chi connectivity index (χ4v) is 1.61. The number of carbonyl (C=O) groups excluding carboxylic acids is 1. The first-order chi connectivity index (χ1) is 9.06. The number of carbonyl (C=O) groups is 2. The first kappa shape index (κ1) is 13.0. The van der Waals surface area contributed by atoms with Crippen molar-refractivity contribution in [3.63, 3.8) is 0 Å². The zero-order chi connectivity index (χ0) is 13.8. The maximum atomic E-state index is 11.7. The molecule has 0 unspecified atom stereocenters. The van der Waals surface area contributed by atoms with Crippen LogP contribution in [0.15, 0.2) is 18.2 Å². The normalized spacial score (nSPS) is 12.7. The molecule has 0 radical (unpaired) electrons. The summed E-state index contributed by atoms with van der Waals surface area (Å²) in [6.45, 7) is 0.597. The Morgan fingerprint density at radius 3 is 2.68 bits per heavy atom. The highest BCUT2D eigenvalue weighted by molar-refractivity contribution is 5.91. The molecule has 2 rings (SSSR count). The summed E-state index contributed by atoms with van der Waals surface area (Å²) >= 11 is 0. The van der Waals surface area contributed by atoms with E-state index in [1.165, 1.54) is 7.05 Å². The molecule has 1 aliphatic rings. The average molecular weight is 266 g/mol. The summed E-state index contributed by atoms with van der Waals surface area (Å²) in [5.74, 6) is 0.118. The number of nitrogens with one attached hydrogen (secondary N) is 1. The number of hydrogen-bond donors (Lipinski definition) is 2. The lowest BCUT2D eigenvalue weighted by Gasteiger charge is -2.20. The third-order valence-corrected chi connectivity index (χ3v) is 2.51. The number of fused-ring (bicyclic) bond motifs is 1. The first-order valence-electron chi connectivity index (χ1n) is 5.70. The number of carboxylic acid groups (broad SMARTS) is 1. The number of rotatable bonds is 3. The molecule has 1 aromatic carbocycles. The summed E-state index contributed by atoms with van der Waals surface area (Å²) in [7, 11) is 1.40. The highest BCUT2D eigenvalue weighted by Crippen LogP contribution is 2.32. The maximum absolute atomic E-state index is 11.7. The number of benzene rings is 1. The van der Waals surface area contributed by atoms with Crippen molar-refractivity contribution < 1.29 is 24.2 Å². The Labute approximate surface area is 109 Å². The molecule has 1 aromatic rings. The van der Waals surface area contributed by atoms with Crippen molar-refractivity contribution in [2.75, 3.05) is 32.1 Å². The van der Waals surface area contributed by atoms with Gasteiger partial charge in [0.15, 0.2) is 11.5 Å². The van der Waals surface area contributed by atoms with E-state index in [4.69, 9.17) is 14.6 Å². The lowest BCUT2D eigenvalue weighted by molar-refractivity contribution is -0.137. The molecule has 7 nitrogen and oxygen atoms in total. The van der Waals surface area contributed by atoms with E-state index in [-0.39, 0.29) is 6.54 Å². The van der Waals surface area contributed by atoms with Crippen molar-refractivity contribution in [1.82, 2.24) is 4.90 Å². The summed E-state index contributed by atoms with van der Waals surface area (Å²) in [6.07, 6.45) is 0.